The van der Waals surface area contributed by atoms with Crippen molar-refractivity contribution in [2.24, 2.45) is 11.8 Å². The fourth-order valence-electron chi connectivity index (χ4n) is 2.57. The number of amides is 1. The minimum Gasteiger partial charge on any atom is -0.550 e. The largest absolute Gasteiger partial charge is 0.550 e. The van der Waals surface area contributed by atoms with E-state index in [1.54, 1.807) is 30.3 Å². The lowest BCUT2D eigenvalue weighted by molar-refractivity contribution is -0.313. The number of rotatable bonds is 7. The van der Waals surface area contributed by atoms with Crippen molar-refractivity contribution >= 4 is 17.6 Å². The standard InChI is InChI=1S/C18H23NO4/c1-2-3-12-23-14-10-8-13(9-11-14)19-17(20)15-6-4-5-7-16(15)18(21)22/h4-5,8-11,15-16H,2-3,6-7,12H2,1H3,(H,19,20)(H,21,22)/p-1/t15-,16+/m0/s1. The molecule has 1 aliphatic rings. The number of hydrogen-bond donors (Lipinski definition) is 1. The maximum Gasteiger partial charge on any atom is 0.228 e. The average molecular weight is 316 g/mol. The molecule has 1 aromatic carbocycles. The molecule has 1 aromatic rings. The minimum absolute atomic E-state index is 0.289. The molecule has 23 heavy (non-hydrogen) atoms. The summed E-state index contributed by atoms with van der Waals surface area (Å²) in [6, 6.07) is 7.10. The molecule has 2 atom stereocenters. The van der Waals surface area contributed by atoms with Crippen LogP contribution in [0.25, 0.3) is 0 Å². The summed E-state index contributed by atoms with van der Waals surface area (Å²) in [7, 11) is 0. The Bertz CT molecular complexity index is 565. The normalized spacial score (nSPS) is 20.0. The second kappa shape index (κ2) is 8.36. The van der Waals surface area contributed by atoms with Gasteiger partial charge in [-0.15, -0.1) is 0 Å². The van der Waals surface area contributed by atoms with Gasteiger partial charge in [-0.2, -0.15) is 0 Å². The van der Waals surface area contributed by atoms with Gasteiger partial charge in [-0.05, 0) is 43.5 Å². The molecular formula is C18H22NO4-. The van der Waals surface area contributed by atoms with Crippen LogP contribution < -0.4 is 15.2 Å². The molecule has 124 valence electrons. The number of aliphatic carboxylic acids is 1. The third kappa shape index (κ3) is 4.84. The molecule has 0 aromatic heterocycles. The van der Waals surface area contributed by atoms with E-state index in [9.17, 15) is 14.7 Å². The zero-order valence-electron chi connectivity index (χ0n) is 13.3. The molecule has 5 heteroatoms. The van der Waals surface area contributed by atoms with Crippen molar-refractivity contribution in [2.45, 2.75) is 32.6 Å². The van der Waals surface area contributed by atoms with Crippen molar-refractivity contribution in [2.75, 3.05) is 11.9 Å². The average Bonchev–Trinajstić information content (AvgIpc) is 2.56. The van der Waals surface area contributed by atoms with Crippen LogP contribution in [0.2, 0.25) is 0 Å². The number of hydrogen-bond acceptors (Lipinski definition) is 4. The summed E-state index contributed by atoms with van der Waals surface area (Å²) in [5.74, 6) is -2.07. The molecule has 0 saturated carbocycles. The lowest BCUT2D eigenvalue weighted by atomic mass is 9.82. The molecule has 0 fully saturated rings. The Morgan fingerprint density at radius 1 is 1.17 bits per heavy atom. The van der Waals surface area contributed by atoms with Gasteiger partial charge in [0.1, 0.15) is 5.75 Å². The van der Waals surface area contributed by atoms with E-state index in [0.29, 0.717) is 25.1 Å². The first kappa shape index (κ1) is 17.1. The van der Waals surface area contributed by atoms with Crippen LogP contribution in [0.3, 0.4) is 0 Å². The van der Waals surface area contributed by atoms with Gasteiger partial charge in [-0.1, -0.05) is 25.5 Å². The van der Waals surface area contributed by atoms with Gasteiger partial charge in [0.15, 0.2) is 0 Å². The molecule has 0 unspecified atom stereocenters. The third-order valence-electron chi connectivity index (χ3n) is 3.96. The number of carboxylic acid groups (broad SMARTS) is 1. The highest BCUT2D eigenvalue weighted by Crippen LogP contribution is 2.27. The topological polar surface area (TPSA) is 78.5 Å². The molecule has 1 aliphatic carbocycles. The predicted octanol–water partition coefficient (Wildman–Crippen LogP) is 2.14. The van der Waals surface area contributed by atoms with E-state index in [-0.39, 0.29) is 5.91 Å². The van der Waals surface area contributed by atoms with Crippen LogP contribution in [0.5, 0.6) is 5.75 Å². The second-order valence-electron chi connectivity index (χ2n) is 5.69. The highest BCUT2D eigenvalue weighted by molar-refractivity contribution is 5.95. The molecule has 0 bridgehead atoms. The Labute approximate surface area is 136 Å². The van der Waals surface area contributed by atoms with Crippen molar-refractivity contribution in [1.29, 1.82) is 0 Å². The molecular weight excluding hydrogens is 294 g/mol. The van der Waals surface area contributed by atoms with E-state index >= 15 is 0 Å². The van der Waals surface area contributed by atoms with Crippen LogP contribution in [-0.2, 0) is 9.59 Å². The Morgan fingerprint density at radius 2 is 1.83 bits per heavy atom. The van der Waals surface area contributed by atoms with Crippen LogP contribution >= 0.6 is 0 Å². The fraction of sp³-hybridized carbons (Fsp3) is 0.444. The SMILES string of the molecule is CCCCOc1ccc(NC(=O)[C@H]2CC=CC[C@H]2C(=O)[O-])cc1. The summed E-state index contributed by atoms with van der Waals surface area (Å²) >= 11 is 0. The molecule has 0 spiro atoms. The number of carboxylic acids is 1. The van der Waals surface area contributed by atoms with Gasteiger partial charge in [0.2, 0.25) is 5.91 Å². The van der Waals surface area contributed by atoms with E-state index in [0.717, 1.165) is 18.6 Å². The molecule has 1 amide bonds. The highest BCUT2D eigenvalue weighted by atomic mass is 16.5. The fourth-order valence-corrected chi connectivity index (χ4v) is 2.57. The van der Waals surface area contributed by atoms with E-state index in [1.165, 1.54) is 0 Å². The maximum atomic E-state index is 12.3. The van der Waals surface area contributed by atoms with Gasteiger partial charge in [0, 0.05) is 17.6 Å². The molecule has 1 N–H and O–H groups in total. The summed E-state index contributed by atoms with van der Waals surface area (Å²) in [4.78, 5) is 23.5. The highest BCUT2D eigenvalue weighted by Gasteiger charge is 2.29. The Balaban J connectivity index is 1.94. The number of carbonyl (C=O) groups is 2. The van der Waals surface area contributed by atoms with Gasteiger partial charge in [-0.25, -0.2) is 0 Å². The van der Waals surface area contributed by atoms with E-state index < -0.39 is 17.8 Å². The van der Waals surface area contributed by atoms with Crippen LogP contribution in [0.1, 0.15) is 32.6 Å². The monoisotopic (exact) mass is 316 g/mol. The molecule has 0 aliphatic heterocycles. The van der Waals surface area contributed by atoms with Crippen molar-refractivity contribution in [1.82, 2.24) is 0 Å². The lowest BCUT2D eigenvalue weighted by Crippen LogP contribution is -2.41. The summed E-state index contributed by atoms with van der Waals surface area (Å²) < 4.78 is 5.56. The number of unbranched alkanes of at least 4 members (excludes halogenated alkanes) is 1. The van der Waals surface area contributed by atoms with Crippen LogP contribution in [-0.4, -0.2) is 18.5 Å². The quantitative estimate of drug-likeness (QED) is 0.617. The number of ether oxygens (including phenoxy) is 1. The third-order valence-corrected chi connectivity index (χ3v) is 3.96. The van der Waals surface area contributed by atoms with E-state index in [2.05, 4.69) is 12.2 Å². The first-order chi connectivity index (χ1) is 11.1. The molecule has 0 saturated heterocycles. The molecule has 2 rings (SSSR count). The van der Waals surface area contributed by atoms with Gasteiger partial charge < -0.3 is 20.0 Å². The van der Waals surface area contributed by atoms with Gasteiger partial charge in [-0.3, -0.25) is 4.79 Å². The van der Waals surface area contributed by atoms with E-state index in [1.807, 2.05) is 6.08 Å². The number of carbonyl (C=O) groups excluding carboxylic acids is 2. The van der Waals surface area contributed by atoms with Crippen LogP contribution in [0.15, 0.2) is 36.4 Å². The predicted molar refractivity (Wildman–Crippen MR) is 85.8 cm³/mol. The Morgan fingerprint density at radius 3 is 2.43 bits per heavy atom. The van der Waals surface area contributed by atoms with Crippen LogP contribution in [0.4, 0.5) is 5.69 Å². The lowest BCUT2D eigenvalue weighted by Gasteiger charge is -2.28. The van der Waals surface area contributed by atoms with Crippen molar-refractivity contribution < 1.29 is 19.4 Å². The molecule has 0 heterocycles. The van der Waals surface area contributed by atoms with Crippen LogP contribution in [0, 0.1) is 11.8 Å². The van der Waals surface area contributed by atoms with Crippen molar-refractivity contribution in [3.8, 4) is 5.75 Å². The molecule has 0 radical (unpaired) electrons. The summed E-state index contributed by atoms with van der Waals surface area (Å²) in [6.07, 6.45) is 6.45. The van der Waals surface area contributed by atoms with Crippen molar-refractivity contribution in [3.63, 3.8) is 0 Å². The first-order valence-electron chi connectivity index (χ1n) is 8.01. The minimum atomic E-state index is -1.17. The zero-order chi connectivity index (χ0) is 16.7. The number of allylic oxidation sites excluding steroid dienone is 2. The van der Waals surface area contributed by atoms with E-state index in [4.69, 9.17) is 4.74 Å². The first-order valence-corrected chi connectivity index (χ1v) is 8.01. The Kier molecular flexibility index (Phi) is 6.20. The summed E-state index contributed by atoms with van der Waals surface area (Å²) in [6.45, 7) is 2.77. The zero-order valence-corrected chi connectivity index (χ0v) is 13.3. The number of anilines is 1. The molecule has 5 nitrogen and oxygen atoms in total. The number of benzene rings is 1. The number of nitrogens with one attached hydrogen (secondary N) is 1. The van der Waals surface area contributed by atoms with Gasteiger partial charge in [0.25, 0.3) is 0 Å². The summed E-state index contributed by atoms with van der Waals surface area (Å²) in [5.41, 5.74) is 0.629. The smallest absolute Gasteiger partial charge is 0.228 e. The van der Waals surface area contributed by atoms with Crippen molar-refractivity contribution in [3.05, 3.63) is 36.4 Å². The summed E-state index contributed by atoms with van der Waals surface area (Å²) in [5, 5.41) is 13.9. The maximum absolute atomic E-state index is 12.3. The van der Waals surface area contributed by atoms with Gasteiger partial charge >= 0.3 is 0 Å². The Hall–Kier alpha value is -2.30. The van der Waals surface area contributed by atoms with Gasteiger partial charge in [0.05, 0.1) is 12.5 Å². The second-order valence-corrected chi connectivity index (χ2v) is 5.69.